The molecule has 2 aromatic carbocycles. The first-order valence-corrected chi connectivity index (χ1v) is 11.3. The first-order valence-electron chi connectivity index (χ1n) is 10.5. The molecule has 0 heterocycles. The van der Waals surface area contributed by atoms with Crippen LogP contribution in [0.15, 0.2) is 48.5 Å². The third-order valence-electron chi connectivity index (χ3n) is 5.05. The number of carbonyl (C=O) groups excluding carboxylic acids is 2. The molecule has 31 heavy (non-hydrogen) atoms. The Morgan fingerprint density at radius 2 is 1.58 bits per heavy atom. The third-order valence-corrected chi connectivity index (χ3v) is 5.56. The van der Waals surface area contributed by atoms with Crippen molar-refractivity contribution in [2.45, 2.75) is 58.7 Å². The lowest BCUT2D eigenvalue weighted by Gasteiger charge is -2.29. The minimum atomic E-state index is -0.589. The highest BCUT2D eigenvalue weighted by atomic mass is 35.5. The number of hydrogen-bond acceptors (Lipinski definition) is 3. The Labute approximate surface area is 194 Å². The summed E-state index contributed by atoms with van der Waals surface area (Å²) in [5.74, 6) is 0.451. The molecule has 0 spiro atoms. The van der Waals surface area contributed by atoms with Crippen LogP contribution >= 0.6 is 23.2 Å². The first-order chi connectivity index (χ1) is 14.8. The fraction of sp³-hybridized carbons (Fsp3) is 0.417. The maximum atomic E-state index is 13.0. The van der Waals surface area contributed by atoms with Crippen LogP contribution in [0.1, 0.15) is 45.6 Å². The normalized spacial score (nSPS) is 12.7. The zero-order valence-corrected chi connectivity index (χ0v) is 19.7. The lowest BCUT2D eigenvalue weighted by molar-refractivity contribution is -0.141. The molecular weight excluding hydrogens is 435 g/mol. The molecular formula is C24H30Cl2N2O3. The molecule has 2 rings (SSSR count). The van der Waals surface area contributed by atoms with E-state index in [1.165, 1.54) is 0 Å². The predicted octanol–water partition coefficient (Wildman–Crippen LogP) is 5.48. The Morgan fingerprint density at radius 3 is 2.16 bits per heavy atom. The van der Waals surface area contributed by atoms with E-state index in [9.17, 15) is 9.59 Å². The second-order valence-corrected chi connectivity index (χ2v) is 8.42. The SMILES string of the molecule is CC[C@@H](C)NC(=O)[C@H](C)N(Cc1ccc(Cl)cc1)C(=O)CCCOc1ccc(Cl)cc1. The molecule has 7 heteroatoms. The quantitative estimate of drug-likeness (QED) is 0.447. The van der Waals surface area contributed by atoms with Gasteiger partial charge in [-0.3, -0.25) is 9.59 Å². The van der Waals surface area contributed by atoms with Crippen molar-refractivity contribution in [3.8, 4) is 5.75 Å². The number of nitrogens with zero attached hydrogens (tertiary/aromatic N) is 1. The highest BCUT2D eigenvalue weighted by Gasteiger charge is 2.26. The Morgan fingerprint density at radius 1 is 1.00 bits per heavy atom. The van der Waals surface area contributed by atoms with Gasteiger partial charge in [0.1, 0.15) is 11.8 Å². The lowest BCUT2D eigenvalue weighted by atomic mass is 10.1. The summed E-state index contributed by atoms with van der Waals surface area (Å²) in [6.07, 6.45) is 1.64. The zero-order valence-electron chi connectivity index (χ0n) is 18.2. The molecule has 2 atom stereocenters. The van der Waals surface area contributed by atoms with Gasteiger partial charge in [-0.05, 0) is 68.7 Å². The number of nitrogens with one attached hydrogen (secondary N) is 1. The number of amides is 2. The predicted molar refractivity (Wildman–Crippen MR) is 126 cm³/mol. The molecule has 168 valence electrons. The summed E-state index contributed by atoms with van der Waals surface area (Å²) in [6, 6.07) is 13.9. The third kappa shape index (κ3) is 8.42. The van der Waals surface area contributed by atoms with Crippen LogP contribution in [0.25, 0.3) is 0 Å². The summed E-state index contributed by atoms with van der Waals surface area (Å²) in [6.45, 7) is 6.45. The smallest absolute Gasteiger partial charge is 0.242 e. The molecule has 0 saturated carbocycles. The van der Waals surface area contributed by atoms with Crippen LogP contribution in [0.5, 0.6) is 5.75 Å². The van der Waals surface area contributed by atoms with Gasteiger partial charge in [-0.1, -0.05) is 42.3 Å². The summed E-state index contributed by atoms with van der Waals surface area (Å²) in [5.41, 5.74) is 0.915. The fourth-order valence-electron chi connectivity index (χ4n) is 2.92. The van der Waals surface area contributed by atoms with E-state index in [0.717, 1.165) is 12.0 Å². The van der Waals surface area contributed by atoms with E-state index in [1.54, 1.807) is 48.2 Å². The van der Waals surface area contributed by atoms with Gasteiger partial charge in [-0.2, -0.15) is 0 Å². The van der Waals surface area contributed by atoms with Crippen molar-refractivity contribution in [2.75, 3.05) is 6.61 Å². The van der Waals surface area contributed by atoms with Crippen molar-refractivity contribution in [1.82, 2.24) is 10.2 Å². The topological polar surface area (TPSA) is 58.6 Å². The van der Waals surface area contributed by atoms with Gasteiger partial charge >= 0.3 is 0 Å². The maximum Gasteiger partial charge on any atom is 0.242 e. The molecule has 0 aliphatic carbocycles. The molecule has 1 N–H and O–H groups in total. The molecule has 0 saturated heterocycles. The highest BCUT2D eigenvalue weighted by Crippen LogP contribution is 2.17. The van der Waals surface area contributed by atoms with E-state index in [1.807, 2.05) is 26.0 Å². The minimum absolute atomic E-state index is 0.0511. The summed E-state index contributed by atoms with van der Waals surface area (Å²) >= 11 is 11.8. The van der Waals surface area contributed by atoms with Crippen molar-refractivity contribution < 1.29 is 14.3 Å². The van der Waals surface area contributed by atoms with E-state index in [4.69, 9.17) is 27.9 Å². The van der Waals surface area contributed by atoms with Gasteiger partial charge in [0, 0.05) is 29.1 Å². The fourth-order valence-corrected chi connectivity index (χ4v) is 3.17. The summed E-state index contributed by atoms with van der Waals surface area (Å²) < 4.78 is 5.67. The van der Waals surface area contributed by atoms with Crippen LogP contribution in [0.2, 0.25) is 10.0 Å². The Kier molecular flexibility index (Phi) is 10.2. The van der Waals surface area contributed by atoms with Gasteiger partial charge in [-0.15, -0.1) is 0 Å². The minimum Gasteiger partial charge on any atom is -0.494 e. The molecule has 0 unspecified atom stereocenters. The van der Waals surface area contributed by atoms with Crippen LogP contribution in [0, 0.1) is 0 Å². The first kappa shape index (κ1) is 25.0. The number of halogens is 2. The number of rotatable bonds is 11. The molecule has 0 aliphatic heterocycles. The van der Waals surface area contributed by atoms with Gasteiger partial charge in [0.25, 0.3) is 0 Å². The monoisotopic (exact) mass is 464 g/mol. The van der Waals surface area contributed by atoms with Crippen molar-refractivity contribution in [1.29, 1.82) is 0 Å². The maximum absolute atomic E-state index is 13.0. The van der Waals surface area contributed by atoms with Crippen LogP contribution in [0.4, 0.5) is 0 Å². The lowest BCUT2D eigenvalue weighted by Crippen LogP contribution is -2.49. The number of hydrogen-bond donors (Lipinski definition) is 1. The van der Waals surface area contributed by atoms with E-state index < -0.39 is 6.04 Å². The van der Waals surface area contributed by atoms with Crippen LogP contribution in [-0.4, -0.2) is 35.4 Å². The molecule has 0 aliphatic rings. The highest BCUT2D eigenvalue weighted by molar-refractivity contribution is 6.30. The van der Waals surface area contributed by atoms with Crippen LogP contribution < -0.4 is 10.1 Å². The van der Waals surface area contributed by atoms with Crippen molar-refractivity contribution in [3.63, 3.8) is 0 Å². The molecule has 0 radical (unpaired) electrons. The van der Waals surface area contributed by atoms with Gasteiger partial charge in [0.2, 0.25) is 11.8 Å². The Hall–Kier alpha value is -2.24. The van der Waals surface area contributed by atoms with Gasteiger partial charge in [-0.25, -0.2) is 0 Å². The standard InChI is InChI=1S/C24H30Cl2N2O3/c1-4-17(2)27-24(30)18(3)28(16-19-7-9-20(25)10-8-19)23(29)6-5-15-31-22-13-11-21(26)12-14-22/h7-14,17-18H,4-6,15-16H2,1-3H3,(H,27,30)/t17-,18+/m1/s1. The van der Waals surface area contributed by atoms with Crippen LogP contribution in [-0.2, 0) is 16.1 Å². The summed E-state index contributed by atoms with van der Waals surface area (Å²) in [4.78, 5) is 27.3. The summed E-state index contributed by atoms with van der Waals surface area (Å²) in [7, 11) is 0. The van der Waals surface area contributed by atoms with E-state index >= 15 is 0 Å². The van der Waals surface area contributed by atoms with E-state index in [0.29, 0.717) is 35.4 Å². The second-order valence-electron chi connectivity index (χ2n) is 7.55. The largest absolute Gasteiger partial charge is 0.494 e. The number of benzene rings is 2. The molecule has 0 fully saturated rings. The number of carbonyl (C=O) groups is 2. The van der Waals surface area contributed by atoms with Crippen molar-refractivity contribution in [3.05, 3.63) is 64.1 Å². The molecule has 5 nitrogen and oxygen atoms in total. The van der Waals surface area contributed by atoms with E-state index in [-0.39, 0.29) is 24.3 Å². The van der Waals surface area contributed by atoms with E-state index in [2.05, 4.69) is 5.32 Å². The Balaban J connectivity index is 1.99. The van der Waals surface area contributed by atoms with Crippen molar-refractivity contribution >= 4 is 35.0 Å². The van der Waals surface area contributed by atoms with Gasteiger partial charge in [0.15, 0.2) is 0 Å². The van der Waals surface area contributed by atoms with Crippen LogP contribution in [0.3, 0.4) is 0 Å². The number of ether oxygens (including phenoxy) is 1. The van der Waals surface area contributed by atoms with Crippen molar-refractivity contribution in [2.24, 2.45) is 0 Å². The summed E-state index contributed by atoms with van der Waals surface area (Å²) in [5, 5.41) is 4.24. The van der Waals surface area contributed by atoms with Gasteiger partial charge < -0.3 is 15.0 Å². The molecule has 0 bridgehead atoms. The average Bonchev–Trinajstić information content (AvgIpc) is 2.76. The second kappa shape index (κ2) is 12.6. The zero-order chi connectivity index (χ0) is 22.8. The van der Waals surface area contributed by atoms with Gasteiger partial charge in [0.05, 0.1) is 6.61 Å². The molecule has 2 aromatic rings. The molecule has 0 aromatic heterocycles. The molecule has 2 amide bonds. The Bertz CT molecular complexity index is 841. The average molecular weight is 465 g/mol.